The summed E-state index contributed by atoms with van der Waals surface area (Å²) in [7, 11) is 0. The van der Waals surface area contributed by atoms with E-state index in [2.05, 4.69) is 4.98 Å². The molecule has 0 unspecified atom stereocenters. The van der Waals surface area contributed by atoms with E-state index in [1.54, 1.807) is 0 Å². The molecule has 2 N–H and O–H groups in total. The molecule has 1 heterocycles. The van der Waals surface area contributed by atoms with Gasteiger partial charge in [0.1, 0.15) is 5.01 Å². The third-order valence-corrected chi connectivity index (χ3v) is 3.73. The minimum atomic E-state index is -4.50. The van der Waals surface area contributed by atoms with Crippen LogP contribution in [0.2, 0.25) is 5.02 Å². The minimum absolute atomic E-state index is 0.0447. The number of aromatic nitrogens is 1. The third kappa shape index (κ3) is 4.06. The molecule has 0 fully saturated rings. The lowest BCUT2D eigenvalue weighted by atomic mass is 10.1. The Labute approximate surface area is 131 Å². The Hall–Kier alpha value is -1.90. The zero-order valence-electron chi connectivity index (χ0n) is 10.7. The third-order valence-electron chi connectivity index (χ3n) is 2.50. The highest BCUT2D eigenvalue weighted by Gasteiger charge is 2.31. The topological polar surface area (TPSA) is 62.2 Å². The van der Waals surface area contributed by atoms with Crippen molar-refractivity contribution in [2.75, 3.05) is 0 Å². The summed E-state index contributed by atoms with van der Waals surface area (Å²) in [5.41, 5.74) is 0.794. The van der Waals surface area contributed by atoms with E-state index in [-0.39, 0.29) is 10.6 Å². The van der Waals surface area contributed by atoms with E-state index in [0.717, 1.165) is 29.5 Å². The van der Waals surface area contributed by atoms with Crippen LogP contribution in [0.3, 0.4) is 0 Å². The lowest BCUT2D eigenvalue weighted by molar-refractivity contribution is -0.137. The molecule has 2 aromatic rings. The summed E-state index contributed by atoms with van der Waals surface area (Å²) in [6, 6.07) is 3.17. The predicted molar refractivity (Wildman–Crippen MR) is 76.5 cm³/mol. The number of carbonyl (C=O) groups is 1. The van der Waals surface area contributed by atoms with Crippen LogP contribution in [0.4, 0.5) is 13.2 Å². The van der Waals surface area contributed by atoms with Crippen LogP contribution in [0.25, 0.3) is 16.6 Å². The number of hydroxylamine groups is 1. The van der Waals surface area contributed by atoms with Crippen molar-refractivity contribution < 1.29 is 23.2 Å². The van der Waals surface area contributed by atoms with Crippen molar-refractivity contribution in [3.8, 4) is 10.6 Å². The van der Waals surface area contributed by atoms with Crippen LogP contribution in [-0.4, -0.2) is 16.1 Å². The summed E-state index contributed by atoms with van der Waals surface area (Å²) in [5.74, 6) is -0.725. The first kappa shape index (κ1) is 16.5. The normalized spacial score (nSPS) is 11.9. The van der Waals surface area contributed by atoms with Gasteiger partial charge in [-0.2, -0.15) is 13.2 Å². The Kier molecular flexibility index (Phi) is 4.84. The number of nitrogens with one attached hydrogen (secondary N) is 1. The van der Waals surface area contributed by atoms with Gasteiger partial charge in [-0.15, -0.1) is 11.3 Å². The standard InChI is InChI=1S/C13H8ClF3N2O2S/c14-9-4-7(3-8(5-9)13(15,16)17)12-18-6-10(22-12)1-2-11(20)19-21/h1-6,21H,(H,19,20)/b2-1+. The molecule has 0 atom stereocenters. The van der Waals surface area contributed by atoms with Crippen LogP contribution in [0.15, 0.2) is 30.5 Å². The summed E-state index contributed by atoms with van der Waals surface area (Å²) < 4.78 is 38.3. The van der Waals surface area contributed by atoms with Crippen molar-refractivity contribution in [2.24, 2.45) is 0 Å². The van der Waals surface area contributed by atoms with E-state index in [0.29, 0.717) is 9.88 Å². The van der Waals surface area contributed by atoms with E-state index in [4.69, 9.17) is 16.8 Å². The molecule has 0 bridgehead atoms. The second-order valence-corrected chi connectivity index (χ2v) is 5.60. The van der Waals surface area contributed by atoms with E-state index < -0.39 is 17.6 Å². The Bertz CT molecular complexity index is 728. The number of rotatable bonds is 3. The molecular weight excluding hydrogens is 341 g/mol. The summed E-state index contributed by atoms with van der Waals surface area (Å²) in [4.78, 5) is 15.4. The summed E-state index contributed by atoms with van der Waals surface area (Å²) >= 11 is 6.80. The van der Waals surface area contributed by atoms with E-state index in [1.165, 1.54) is 23.8 Å². The Morgan fingerprint density at radius 2 is 2.09 bits per heavy atom. The van der Waals surface area contributed by atoms with E-state index in [1.807, 2.05) is 0 Å². The van der Waals surface area contributed by atoms with Gasteiger partial charge in [-0.1, -0.05) is 11.6 Å². The second kappa shape index (κ2) is 6.47. The first-order valence-electron chi connectivity index (χ1n) is 5.76. The van der Waals surface area contributed by atoms with Crippen molar-refractivity contribution in [3.05, 3.63) is 45.9 Å². The minimum Gasteiger partial charge on any atom is -0.288 e. The lowest BCUT2D eigenvalue weighted by Gasteiger charge is -2.08. The first-order chi connectivity index (χ1) is 10.3. The van der Waals surface area contributed by atoms with Crippen molar-refractivity contribution >= 4 is 34.9 Å². The molecule has 0 spiro atoms. The summed E-state index contributed by atoms with van der Waals surface area (Å²) in [6.07, 6.45) is -0.660. The molecule has 1 aromatic heterocycles. The maximum atomic E-state index is 12.8. The second-order valence-electron chi connectivity index (χ2n) is 4.10. The van der Waals surface area contributed by atoms with Crippen molar-refractivity contribution in [3.63, 3.8) is 0 Å². The van der Waals surface area contributed by atoms with Crippen LogP contribution in [0.1, 0.15) is 10.4 Å². The molecule has 0 radical (unpaired) electrons. The van der Waals surface area contributed by atoms with Gasteiger partial charge < -0.3 is 0 Å². The van der Waals surface area contributed by atoms with Gasteiger partial charge >= 0.3 is 6.18 Å². The molecule has 0 aliphatic rings. The fourth-order valence-corrected chi connectivity index (χ4v) is 2.61. The molecule has 116 valence electrons. The number of amides is 1. The van der Waals surface area contributed by atoms with Gasteiger partial charge in [0.15, 0.2) is 0 Å². The number of halogens is 4. The van der Waals surface area contributed by atoms with Crippen molar-refractivity contribution in [2.45, 2.75) is 6.18 Å². The Morgan fingerprint density at radius 3 is 2.73 bits per heavy atom. The largest absolute Gasteiger partial charge is 0.416 e. The van der Waals surface area contributed by atoms with Crippen LogP contribution < -0.4 is 5.48 Å². The molecule has 9 heteroatoms. The smallest absolute Gasteiger partial charge is 0.288 e. The summed E-state index contributed by atoms with van der Waals surface area (Å²) in [6.45, 7) is 0. The maximum absolute atomic E-state index is 12.8. The average molecular weight is 349 g/mol. The lowest BCUT2D eigenvalue weighted by Crippen LogP contribution is -2.14. The predicted octanol–water partition coefficient (Wildman–Crippen LogP) is 4.00. The van der Waals surface area contributed by atoms with E-state index in [9.17, 15) is 18.0 Å². The molecular formula is C13H8ClF3N2O2S. The molecule has 1 amide bonds. The van der Waals surface area contributed by atoms with Gasteiger partial charge in [-0.05, 0) is 24.3 Å². The van der Waals surface area contributed by atoms with Gasteiger partial charge in [0.25, 0.3) is 5.91 Å². The van der Waals surface area contributed by atoms with Gasteiger partial charge in [0, 0.05) is 27.7 Å². The van der Waals surface area contributed by atoms with Crippen molar-refractivity contribution in [1.82, 2.24) is 10.5 Å². The van der Waals surface area contributed by atoms with Crippen LogP contribution in [0, 0.1) is 0 Å². The Balaban J connectivity index is 2.33. The molecule has 2 rings (SSSR count). The molecule has 22 heavy (non-hydrogen) atoms. The zero-order chi connectivity index (χ0) is 16.3. The van der Waals surface area contributed by atoms with Gasteiger partial charge in [-0.25, -0.2) is 10.5 Å². The van der Waals surface area contributed by atoms with Gasteiger partial charge in [-0.3, -0.25) is 10.0 Å². The molecule has 1 aromatic carbocycles. The number of hydrogen-bond donors (Lipinski definition) is 2. The fraction of sp³-hybridized carbons (Fsp3) is 0.0769. The van der Waals surface area contributed by atoms with Crippen molar-refractivity contribution in [1.29, 1.82) is 0 Å². The molecule has 0 aliphatic heterocycles. The molecule has 4 nitrogen and oxygen atoms in total. The number of carbonyl (C=O) groups excluding carboxylic acids is 1. The number of thiazole rings is 1. The Morgan fingerprint density at radius 1 is 1.36 bits per heavy atom. The SMILES string of the molecule is O=C(/C=C/c1cnc(-c2cc(Cl)cc(C(F)(F)F)c2)s1)NO. The monoisotopic (exact) mass is 348 g/mol. The van der Waals surface area contributed by atoms with Crippen LogP contribution in [-0.2, 0) is 11.0 Å². The molecule has 0 saturated carbocycles. The highest BCUT2D eigenvalue weighted by Crippen LogP contribution is 2.36. The van der Waals surface area contributed by atoms with Gasteiger partial charge in [0.2, 0.25) is 0 Å². The number of alkyl halides is 3. The molecule has 0 saturated heterocycles. The van der Waals surface area contributed by atoms with Gasteiger partial charge in [0.05, 0.1) is 5.56 Å². The van der Waals surface area contributed by atoms with Crippen LogP contribution >= 0.6 is 22.9 Å². The number of hydrogen-bond acceptors (Lipinski definition) is 4. The fourth-order valence-electron chi connectivity index (χ4n) is 1.57. The zero-order valence-corrected chi connectivity index (χ0v) is 12.3. The summed E-state index contributed by atoms with van der Waals surface area (Å²) in [5, 5.41) is 8.64. The maximum Gasteiger partial charge on any atom is 0.416 e. The molecule has 0 aliphatic carbocycles. The average Bonchev–Trinajstić information content (AvgIpc) is 2.92. The van der Waals surface area contributed by atoms with E-state index >= 15 is 0 Å². The number of nitrogens with zero attached hydrogens (tertiary/aromatic N) is 1. The first-order valence-corrected chi connectivity index (χ1v) is 6.95. The number of benzene rings is 1. The highest BCUT2D eigenvalue weighted by molar-refractivity contribution is 7.15. The van der Waals surface area contributed by atoms with Crippen LogP contribution in [0.5, 0.6) is 0 Å². The quantitative estimate of drug-likeness (QED) is 0.500. The highest BCUT2D eigenvalue weighted by atomic mass is 35.5.